The lowest BCUT2D eigenvalue weighted by Gasteiger charge is -2.20. The zero-order valence-corrected chi connectivity index (χ0v) is 18.2. The first-order valence-electron chi connectivity index (χ1n) is 10.2. The Hall–Kier alpha value is -3.42. The summed E-state index contributed by atoms with van der Waals surface area (Å²) >= 11 is -1.05. The van der Waals surface area contributed by atoms with E-state index >= 15 is 0 Å². The molecule has 1 atom stereocenters. The van der Waals surface area contributed by atoms with E-state index in [1.807, 2.05) is 30.3 Å². The summed E-state index contributed by atoms with van der Waals surface area (Å²) in [6.45, 7) is 0. The van der Waals surface area contributed by atoms with E-state index in [0.29, 0.717) is 12.2 Å². The molecule has 1 aliphatic heterocycles. The fourth-order valence-corrected chi connectivity index (χ4v) is 5.21. The van der Waals surface area contributed by atoms with Crippen LogP contribution in [0.15, 0.2) is 83.1 Å². The predicted octanol–water partition coefficient (Wildman–Crippen LogP) is 5.41. The Kier molecular flexibility index (Phi) is 5.51. The highest BCUT2D eigenvalue weighted by molar-refractivity contribution is 7.91. The molecule has 3 heterocycles. The molecule has 0 radical (unpaired) electrons. The third kappa shape index (κ3) is 3.81. The van der Waals surface area contributed by atoms with Gasteiger partial charge in [-0.1, -0.05) is 5.16 Å². The van der Waals surface area contributed by atoms with Gasteiger partial charge in [0.15, 0.2) is 4.90 Å². The second kappa shape index (κ2) is 8.61. The summed E-state index contributed by atoms with van der Waals surface area (Å²) in [5.74, 6) is 0.261. The maximum absolute atomic E-state index is 13.5. The van der Waals surface area contributed by atoms with Crippen LogP contribution in [0.1, 0.15) is 12.0 Å². The van der Waals surface area contributed by atoms with Crippen molar-refractivity contribution >= 4 is 16.9 Å². The third-order valence-corrected chi connectivity index (χ3v) is 6.94. The van der Waals surface area contributed by atoms with Gasteiger partial charge < -0.3 is 14.4 Å². The largest absolute Gasteiger partial charge is 0.611 e. The van der Waals surface area contributed by atoms with Gasteiger partial charge in [-0.25, -0.2) is 4.39 Å². The number of aromatic amines is 1. The van der Waals surface area contributed by atoms with Crippen LogP contribution in [-0.2, 0) is 16.0 Å². The minimum Gasteiger partial charge on any atom is -0.611 e. The van der Waals surface area contributed by atoms with Gasteiger partial charge in [0.2, 0.25) is 0 Å². The fourth-order valence-electron chi connectivity index (χ4n) is 3.97. The van der Waals surface area contributed by atoms with E-state index in [2.05, 4.69) is 21.2 Å². The lowest BCUT2D eigenvalue weighted by Crippen LogP contribution is -2.22. The van der Waals surface area contributed by atoms with Gasteiger partial charge in [-0.2, -0.15) is 0 Å². The molecule has 1 aliphatic rings. The Labute approximate surface area is 188 Å². The maximum Gasteiger partial charge on any atom is 0.161 e. The van der Waals surface area contributed by atoms with Gasteiger partial charge in [-0.05, 0) is 88.5 Å². The molecular formula is C25H20FN3O2S. The number of benzene rings is 2. The van der Waals surface area contributed by atoms with Gasteiger partial charge in [-0.15, -0.1) is 0 Å². The molecule has 5 rings (SSSR count). The molecule has 2 aromatic carbocycles. The highest BCUT2D eigenvalue weighted by atomic mass is 32.2. The van der Waals surface area contributed by atoms with Crippen LogP contribution in [0, 0.1) is 5.82 Å². The van der Waals surface area contributed by atoms with Crippen molar-refractivity contribution in [1.82, 2.24) is 9.97 Å². The molecule has 0 fully saturated rings. The van der Waals surface area contributed by atoms with Gasteiger partial charge in [0.05, 0.1) is 17.0 Å². The van der Waals surface area contributed by atoms with E-state index in [1.165, 1.54) is 19.2 Å². The normalized spacial score (nSPS) is 16.7. The second-order valence-electron chi connectivity index (χ2n) is 7.45. The number of hydrogen-bond donors (Lipinski definition) is 1. The van der Waals surface area contributed by atoms with Crippen LogP contribution in [0.4, 0.5) is 4.39 Å². The molecule has 0 saturated heterocycles. The zero-order valence-electron chi connectivity index (χ0n) is 17.3. The SMILES string of the molecule is CON=C1CC[S+]([O-])c2ccc(-c3cc(-c4ccncc4)c(-c4ccc(F)cc4)[nH]3)cc21. The number of nitrogens with zero attached hydrogens (tertiary/aromatic N) is 2. The minimum absolute atomic E-state index is 0.279. The molecule has 1 N–H and O–H groups in total. The Balaban J connectivity index is 1.66. The molecule has 160 valence electrons. The Morgan fingerprint density at radius 2 is 1.72 bits per heavy atom. The van der Waals surface area contributed by atoms with Crippen molar-refractivity contribution in [2.75, 3.05) is 12.9 Å². The topological polar surface area (TPSA) is 73.3 Å². The number of oxime groups is 1. The van der Waals surface area contributed by atoms with Crippen molar-refractivity contribution in [3.8, 4) is 33.6 Å². The fraction of sp³-hybridized carbons (Fsp3) is 0.120. The monoisotopic (exact) mass is 445 g/mol. The number of halogens is 1. The first-order chi connectivity index (χ1) is 15.6. The molecule has 32 heavy (non-hydrogen) atoms. The Morgan fingerprint density at radius 1 is 0.969 bits per heavy atom. The van der Waals surface area contributed by atoms with Gasteiger partial charge in [0, 0.05) is 30.1 Å². The summed E-state index contributed by atoms with van der Waals surface area (Å²) in [6.07, 6.45) is 4.10. The number of pyridine rings is 1. The van der Waals surface area contributed by atoms with Gasteiger partial charge in [0.1, 0.15) is 18.7 Å². The first-order valence-corrected chi connectivity index (χ1v) is 11.5. The average Bonchev–Trinajstić information content (AvgIpc) is 3.27. The molecule has 2 aromatic heterocycles. The summed E-state index contributed by atoms with van der Waals surface area (Å²) in [7, 11) is 1.52. The van der Waals surface area contributed by atoms with Crippen LogP contribution in [0.5, 0.6) is 0 Å². The van der Waals surface area contributed by atoms with Crippen molar-refractivity contribution < 1.29 is 13.8 Å². The van der Waals surface area contributed by atoms with Crippen LogP contribution in [0.3, 0.4) is 0 Å². The zero-order chi connectivity index (χ0) is 22.1. The number of fused-ring (bicyclic) bond motifs is 1. The predicted molar refractivity (Wildman–Crippen MR) is 124 cm³/mol. The lowest BCUT2D eigenvalue weighted by atomic mass is 10.0. The van der Waals surface area contributed by atoms with Crippen molar-refractivity contribution in [1.29, 1.82) is 0 Å². The quantitative estimate of drug-likeness (QED) is 0.337. The van der Waals surface area contributed by atoms with Crippen LogP contribution < -0.4 is 0 Å². The van der Waals surface area contributed by atoms with Gasteiger partial charge in [0.25, 0.3) is 0 Å². The summed E-state index contributed by atoms with van der Waals surface area (Å²) in [4.78, 5) is 13.4. The summed E-state index contributed by atoms with van der Waals surface area (Å²) in [5, 5.41) is 4.15. The second-order valence-corrected chi connectivity index (χ2v) is 8.98. The summed E-state index contributed by atoms with van der Waals surface area (Å²) in [5.41, 5.74) is 7.23. The van der Waals surface area contributed by atoms with Crippen molar-refractivity contribution in [2.24, 2.45) is 5.16 Å². The number of H-pyrrole nitrogens is 1. The highest BCUT2D eigenvalue weighted by Gasteiger charge is 2.28. The average molecular weight is 446 g/mol. The third-order valence-electron chi connectivity index (χ3n) is 5.51. The number of hydrogen-bond acceptors (Lipinski definition) is 4. The lowest BCUT2D eigenvalue weighted by molar-refractivity contribution is 0.213. The smallest absolute Gasteiger partial charge is 0.161 e. The van der Waals surface area contributed by atoms with Crippen molar-refractivity contribution in [2.45, 2.75) is 11.3 Å². The van der Waals surface area contributed by atoms with Crippen LogP contribution in [0.2, 0.25) is 0 Å². The van der Waals surface area contributed by atoms with E-state index in [4.69, 9.17) is 4.84 Å². The van der Waals surface area contributed by atoms with E-state index in [9.17, 15) is 8.94 Å². The Morgan fingerprint density at radius 3 is 2.47 bits per heavy atom. The molecule has 0 spiro atoms. The standard InChI is InChI=1S/C25H20FN3O2S/c1-31-29-22-10-13-32(30)24-7-4-18(14-21(22)24)23-15-20(16-8-11-27-12-9-16)25(28-23)17-2-5-19(26)6-3-17/h2-9,11-12,14-15,28H,10,13H2,1H3. The molecule has 1 unspecified atom stereocenters. The maximum atomic E-state index is 13.5. The molecule has 5 nitrogen and oxygen atoms in total. The van der Waals surface area contributed by atoms with E-state index in [0.717, 1.165) is 49.8 Å². The molecule has 7 heteroatoms. The molecule has 0 amide bonds. The van der Waals surface area contributed by atoms with Crippen LogP contribution in [0.25, 0.3) is 33.6 Å². The van der Waals surface area contributed by atoms with Gasteiger partial charge in [-0.3, -0.25) is 4.98 Å². The molecule has 0 bridgehead atoms. The number of nitrogens with one attached hydrogen (secondary N) is 1. The van der Waals surface area contributed by atoms with E-state index < -0.39 is 11.2 Å². The van der Waals surface area contributed by atoms with E-state index in [1.54, 1.807) is 24.5 Å². The molecule has 0 aliphatic carbocycles. The molecule has 0 saturated carbocycles. The Bertz CT molecular complexity index is 1290. The summed E-state index contributed by atoms with van der Waals surface area (Å²) < 4.78 is 26.0. The number of aromatic nitrogens is 2. The van der Waals surface area contributed by atoms with E-state index in [-0.39, 0.29) is 5.82 Å². The van der Waals surface area contributed by atoms with Crippen LogP contribution in [-0.4, -0.2) is 33.1 Å². The van der Waals surface area contributed by atoms with Crippen molar-refractivity contribution in [3.05, 3.63) is 84.4 Å². The minimum atomic E-state index is -1.05. The first kappa shape index (κ1) is 20.5. The van der Waals surface area contributed by atoms with Crippen molar-refractivity contribution in [3.63, 3.8) is 0 Å². The van der Waals surface area contributed by atoms with Gasteiger partial charge >= 0.3 is 0 Å². The molecule has 4 aromatic rings. The number of rotatable bonds is 4. The summed E-state index contributed by atoms with van der Waals surface area (Å²) in [6, 6.07) is 18.2. The molecular weight excluding hydrogens is 425 g/mol. The van der Waals surface area contributed by atoms with Crippen LogP contribution >= 0.6 is 0 Å². The highest BCUT2D eigenvalue weighted by Crippen LogP contribution is 2.37.